The lowest BCUT2D eigenvalue weighted by atomic mass is 9.66. The molecule has 0 amide bonds. The van der Waals surface area contributed by atoms with Crippen molar-refractivity contribution in [3.05, 3.63) is 71.1 Å². The molecule has 1 saturated heterocycles. The Morgan fingerprint density at radius 1 is 1.03 bits per heavy atom. The fourth-order valence-electron chi connectivity index (χ4n) is 6.66. The molecule has 2 fully saturated rings. The number of benzene rings is 1. The lowest BCUT2D eigenvalue weighted by Crippen LogP contribution is -2.41. The van der Waals surface area contributed by atoms with Gasteiger partial charge in [0.1, 0.15) is 11.6 Å². The minimum Gasteiger partial charge on any atom is -0.380 e. The Hall–Kier alpha value is -2.78. The van der Waals surface area contributed by atoms with Gasteiger partial charge in [0.05, 0.1) is 47.0 Å². The molecular weight excluding hydrogens is 496 g/mol. The Balaban J connectivity index is 1.42. The summed E-state index contributed by atoms with van der Waals surface area (Å²) in [6.07, 6.45) is 2.09. The third kappa shape index (κ3) is 3.50. The van der Waals surface area contributed by atoms with E-state index in [1.54, 1.807) is 18.2 Å². The molecule has 6 nitrogen and oxygen atoms in total. The molecule has 1 aromatic carbocycles. The van der Waals surface area contributed by atoms with Crippen molar-refractivity contribution in [2.75, 3.05) is 19.0 Å². The van der Waals surface area contributed by atoms with E-state index in [1.807, 2.05) is 13.0 Å². The molecular formula is C28H29F2N3O3S. The molecule has 37 heavy (non-hydrogen) atoms. The van der Waals surface area contributed by atoms with Crippen molar-refractivity contribution in [3.8, 4) is 11.3 Å². The van der Waals surface area contributed by atoms with Crippen molar-refractivity contribution < 1.29 is 21.9 Å². The van der Waals surface area contributed by atoms with E-state index in [0.717, 1.165) is 24.1 Å². The number of hydrogen-bond donors (Lipinski definition) is 0. The molecule has 1 aliphatic heterocycles. The Morgan fingerprint density at radius 2 is 1.73 bits per heavy atom. The number of hydrogen-bond acceptors (Lipinski definition) is 6. The summed E-state index contributed by atoms with van der Waals surface area (Å²) >= 11 is 0. The van der Waals surface area contributed by atoms with E-state index < -0.39 is 26.9 Å². The lowest BCUT2D eigenvalue weighted by molar-refractivity contribution is -0.102. The van der Waals surface area contributed by atoms with Crippen LogP contribution in [-0.4, -0.2) is 42.6 Å². The first-order chi connectivity index (χ1) is 17.5. The standard InChI is InChI=1S/C28H29F2N3O3S/c1-26(2)18-10-11-28(26,25-17(18)14-21(32-33-25)24-19(29)6-4-7-20(24)30)22-8-5-9-23(31-22)37(34,35)13-12-27(3)15-36-16-27/h4-9,14,18H,10-13,15-16H2,1-3H3/t18-,28-/m0/s1. The maximum atomic E-state index is 14.5. The van der Waals surface area contributed by atoms with E-state index in [-0.39, 0.29) is 38.8 Å². The Morgan fingerprint density at radius 3 is 2.41 bits per heavy atom. The Labute approximate surface area is 215 Å². The second-order valence-corrected chi connectivity index (χ2v) is 13.6. The molecule has 0 unspecified atom stereocenters. The van der Waals surface area contributed by atoms with Gasteiger partial charge in [0.25, 0.3) is 0 Å². The summed E-state index contributed by atoms with van der Waals surface area (Å²) in [5, 5.41) is 8.85. The Bertz CT molecular complexity index is 1500. The van der Waals surface area contributed by atoms with Crippen LogP contribution in [0.1, 0.15) is 62.9 Å². The lowest BCUT2D eigenvalue weighted by Gasteiger charge is -2.38. The molecule has 6 rings (SSSR count). The SMILES string of the molecule is CC1(CCS(=O)(=O)c2cccc([C@@]34CC[C@@H](c5cc(-c6c(F)cccc6F)nnc53)C4(C)C)n2)COC1. The third-order valence-corrected chi connectivity index (χ3v) is 10.6. The molecule has 2 atom stereocenters. The quantitative estimate of drug-likeness (QED) is 0.439. The van der Waals surface area contributed by atoms with Gasteiger partial charge < -0.3 is 4.74 Å². The number of sulfone groups is 1. The molecule has 2 bridgehead atoms. The van der Waals surface area contributed by atoms with E-state index >= 15 is 0 Å². The summed E-state index contributed by atoms with van der Waals surface area (Å²) in [5.41, 5.74) is 1.13. The van der Waals surface area contributed by atoms with Gasteiger partial charge in [0.15, 0.2) is 14.9 Å². The predicted octanol–water partition coefficient (Wildman–Crippen LogP) is 5.22. The van der Waals surface area contributed by atoms with Gasteiger partial charge in [0, 0.05) is 5.41 Å². The highest BCUT2D eigenvalue weighted by Crippen LogP contribution is 2.69. The van der Waals surface area contributed by atoms with Crippen LogP contribution in [0, 0.1) is 22.5 Å². The molecule has 0 N–H and O–H groups in total. The maximum Gasteiger partial charge on any atom is 0.195 e. The highest BCUT2D eigenvalue weighted by Gasteiger charge is 2.65. The number of halogens is 2. The van der Waals surface area contributed by atoms with E-state index in [1.165, 1.54) is 18.2 Å². The van der Waals surface area contributed by atoms with E-state index in [2.05, 4.69) is 24.0 Å². The summed E-state index contributed by atoms with van der Waals surface area (Å²) in [6.45, 7) is 7.45. The highest BCUT2D eigenvalue weighted by atomic mass is 32.2. The number of aromatic nitrogens is 3. The summed E-state index contributed by atoms with van der Waals surface area (Å²) in [6, 6.07) is 10.7. The zero-order valence-corrected chi connectivity index (χ0v) is 21.9. The number of nitrogens with zero attached hydrogens (tertiary/aromatic N) is 3. The van der Waals surface area contributed by atoms with Crippen LogP contribution < -0.4 is 0 Å². The molecule has 3 heterocycles. The topological polar surface area (TPSA) is 82.0 Å². The van der Waals surface area contributed by atoms with Crippen LogP contribution in [-0.2, 0) is 20.0 Å². The van der Waals surface area contributed by atoms with Crippen LogP contribution in [0.2, 0.25) is 0 Å². The van der Waals surface area contributed by atoms with Crippen LogP contribution in [0.15, 0.2) is 47.5 Å². The third-order valence-electron chi connectivity index (χ3n) is 8.96. The summed E-state index contributed by atoms with van der Waals surface area (Å²) < 4.78 is 60.8. The highest BCUT2D eigenvalue weighted by molar-refractivity contribution is 7.91. The monoisotopic (exact) mass is 525 g/mol. The molecule has 194 valence electrons. The molecule has 1 saturated carbocycles. The number of fused-ring (bicyclic) bond motifs is 5. The van der Waals surface area contributed by atoms with Gasteiger partial charge in [0.2, 0.25) is 0 Å². The normalized spacial score (nSPS) is 25.1. The van der Waals surface area contributed by atoms with Crippen LogP contribution in [0.5, 0.6) is 0 Å². The first-order valence-electron chi connectivity index (χ1n) is 12.6. The molecule has 9 heteroatoms. The largest absolute Gasteiger partial charge is 0.380 e. The van der Waals surface area contributed by atoms with Crippen LogP contribution in [0.4, 0.5) is 8.78 Å². The molecule has 2 aliphatic carbocycles. The van der Waals surface area contributed by atoms with E-state index in [4.69, 9.17) is 9.72 Å². The van der Waals surface area contributed by atoms with Gasteiger partial charge in [-0.2, -0.15) is 5.10 Å². The number of ether oxygens (including phenoxy) is 1. The second-order valence-electron chi connectivity index (χ2n) is 11.6. The first kappa shape index (κ1) is 24.6. The van der Waals surface area contributed by atoms with Gasteiger partial charge >= 0.3 is 0 Å². The van der Waals surface area contributed by atoms with Crippen LogP contribution >= 0.6 is 0 Å². The van der Waals surface area contributed by atoms with Crippen molar-refractivity contribution >= 4 is 9.84 Å². The van der Waals surface area contributed by atoms with Gasteiger partial charge in [-0.15, -0.1) is 5.10 Å². The van der Waals surface area contributed by atoms with Crippen molar-refractivity contribution in [2.45, 2.75) is 56.4 Å². The molecule has 0 spiro atoms. The van der Waals surface area contributed by atoms with Crippen LogP contribution in [0.25, 0.3) is 11.3 Å². The molecule has 2 aromatic heterocycles. The fourth-order valence-corrected chi connectivity index (χ4v) is 8.16. The minimum absolute atomic E-state index is 0.0102. The van der Waals surface area contributed by atoms with E-state index in [9.17, 15) is 17.2 Å². The number of rotatable bonds is 6. The van der Waals surface area contributed by atoms with E-state index in [0.29, 0.717) is 25.3 Å². The van der Waals surface area contributed by atoms with Crippen molar-refractivity contribution in [2.24, 2.45) is 10.8 Å². The predicted molar refractivity (Wildman–Crippen MR) is 134 cm³/mol. The van der Waals surface area contributed by atoms with Crippen molar-refractivity contribution in [1.29, 1.82) is 0 Å². The first-order valence-corrected chi connectivity index (χ1v) is 14.2. The van der Waals surface area contributed by atoms with Gasteiger partial charge in [-0.25, -0.2) is 22.2 Å². The van der Waals surface area contributed by atoms with Gasteiger partial charge in [-0.05, 0) is 66.5 Å². The zero-order chi connectivity index (χ0) is 26.2. The average molecular weight is 526 g/mol. The second kappa shape index (κ2) is 8.11. The Kier molecular flexibility index (Phi) is 5.38. The fraction of sp³-hybridized carbons (Fsp3) is 0.464. The van der Waals surface area contributed by atoms with Crippen molar-refractivity contribution in [1.82, 2.24) is 15.2 Å². The smallest absolute Gasteiger partial charge is 0.195 e. The molecule has 0 radical (unpaired) electrons. The van der Waals surface area contributed by atoms with Gasteiger partial charge in [-0.1, -0.05) is 32.9 Å². The summed E-state index contributed by atoms with van der Waals surface area (Å²) in [5.74, 6) is -1.29. The van der Waals surface area contributed by atoms with Gasteiger partial charge in [-0.3, -0.25) is 0 Å². The van der Waals surface area contributed by atoms with Crippen molar-refractivity contribution in [3.63, 3.8) is 0 Å². The molecule has 3 aromatic rings. The average Bonchev–Trinajstić information content (AvgIpc) is 3.23. The summed E-state index contributed by atoms with van der Waals surface area (Å²) in [7, 11) is -3.60. The summed E-state index contributed by atoms with van der Waals surface area (Å²) in [4.78, 5) is 4.74. The van der Waals surface area contributed by atoms with Crippen LogP contribution in [0.3, 0.4) is 0 Å². The minimum atomic E-state index is -3.60. The zero-order valence-electron chi connectivity index (χ0n) is 21.1. The number of pyridine rings is 1. The maximum absolute atomic E-state index is 14.5. The molecule has 3 aliphatic rings.